The zero-order valence-corrected chi connectivity index (χ0v) is 14.8. The Morgan fingerprint density at radius 3 is 2.38 bits per heavy atom. The van der Waals surface area contributed by atoms with E-state index in [2.05, 4.69) is 5.32 Å². The summed E-state index contributed by atoms with van der Waals surface area (Å²) in [6, 6.07) is 3.92. The van der Waals surface area contributed by atoms with Crippen LogP contribution in [0.5, 0.6) is 11.5 Å². The Morgan fingerprint density at radius 1 is 1.04 bits per heavy atom. The molecule has 4 rings (SSSR count). The lowest BCUT2D eigenvalue weighted by Gasteiger charge is -2.34. The lowest BCUT2D eigenvalue weighted by Crippen LogP contribution is -2.48. The zero-order chi connectivity index (χ0) is 18.3. The molecule has 9 nitrogen and oxygen atoms in total. The number of carbonyl (C=O) groups excluding carboxylic acids is 2. The molecule has 1 aromatic rings. The van der Waals surface area contributed by atoms with Gasteiger partial charge in [0.1, 0.15) is 13.2 Å². The number of nitrogens with one attached hydrogen (secondary N) is 1. The van der Waals surface area contributed by atoms with Gasteiger partial charge in [-0.25, -0.2) is 13.2 Å². The van der Waals surface area contributed by atoms with Gasteiger partial charge in [-0.15, -0.1) is 0 Å². The molecule has 140 valence electrons. The van der Waals surface area contributed by atoms with E-state index in [-0.39, 0.29) is 36.5 Å². The molecule has 3 heterocycles. The number of urea groups is 1. The minimum absolute atomic E-state index is 0.00847. The Morgan fingerprint density at radius 2 is 1.73 bits per heavy atom. The molecular formula is C16H19N3O6S. The van der Waals surface area contributed by atoms with Gasteiger partial charge in [-0.3, -0.25) is 9.69 Å². The number of ether oxygens (including phenoxy) is 2. The predicted octanol–water partition coefficient (Wildman–Crippen LogP) is 0.163. The summed E-state index contributed by atoms with van der Waals surface area (Å²) in [5.74, 6) is 0.696. The minimum atomic E-state index is -3.68. The molecule has 0 atom stereocenters. The van der Waals surface area contributed by atoms with E-state index in [4.69, 9.17) is 9.47 Å². The predicted molar refractivity (Wildman–Crippen MR) is 89.5 cm³/mol. The van der Waals surface area contributed by atoms with Gasteiger partial charge in [-0.1, -0.05) is 0 Å². The van der Waals surface area contributed by atoms with Crippen LogP contribution in [-0.2, 0) is 14.8 Å². The first-order valence-electron chi connectivity index (χ1n) is 8.46. The normalized spacial score (nSPS) is 21.8. The number of hydrogen-bond donors (Lipinski definition) is 1. The molecule has 0 unspecified atom stereocenters. The van der Waals surface area contributed by atoms with Gasteiger partial charge in [0.15, 0.2) is 11.5 Å². The van der Waals surface area contributed by atoms with Gasteiger partial charge in [-0.05, 0) is 25.0 Å². The van der Waals surface area contributed by atoms with Crippen molar-refractivity contribution in [2.24, 2.45) is 0 Å². The number of sulfonamides is 1. The fourth-order valence-corrected chi connectivity index (χ4v) is 4.96. The maximum atomic E-state index is 12.9. The van der Waals surface area contributed by atoms with Gasteiger partial charge in [-0.2, -0.15) is 4.31 Å². The van der Waals surface area contributed by atoms with Gasteiger partial charge in [0.05, 0.1) is 11.4 Å². The average molecular weight is 381 g/mol. The first-order chi connectivity index (χ1) is 12.5. The molecular weight excluding hydrogens is 362 g/mol. The van der Waals surface area contributed by atoms with Crippen LogP contribution in [0.3, 0.4) is 0 Å². The molecule has 3 aliphatic rings. The highest BCUT2D eigenvalue weighted by Crippen LogP contribution is 2.34. The van der Waals surface area contributed by atoms with Crippen molar-refractivity contribution in [3.8, 4) is 11.5 Å². The lowest BCUT2D eigenvalue weighted by molar-refractivity contribution is -0.127. The van der Waals surface area contributed by atoms with Crippen molar-refractivity contribution >= 4 is 22.0 Å². The van der Waals surface area contributed by atoms with Crippen molar-refractivity contribution in [1.29, 1.82) is 0 Å². The Hall–Kier alpha value is -2.33. The summed E-state index contributed by atoms with van der Waals surface area (Å²) in [5, 5.41) is 2.49. The summed E-state index contributed by atoms with van der Waals surface area (Å²) < 4.78 is 38.1. The number of imide groups is 1. The maximum Gasteiger partial charge on any atom is 0.324 e. The van der Waals surface area contributed by atoms with E-state index < -0.39 is 16.1 Å². The van der Waals surface area contributed by atoms with Crippen molar-refractivity contribution in [3.63, 3.8) is 0 Å². The van der Waals surface area contributed by atoms with Crippen LogP contribution in [0.2, 0.25) is 0 Å². The van der Waals surface area contributed by atoms with E-state index in [9.17, 15) is 18.0 Å². The number of piperidine rings is 1. The number of benzene rings is 1. The van der Waals surface area contributed by atoms with Gasteiger partial charge in [0, 0.05) is 25.2 Å². The molecule has 0 spiro atoms. The van der Waals surface area contributed by atoms with Crippen molar-refractivity contribution in [2.45, 2.75) is 23.8 Å². The molecule has 26 heavy (non-hydrogen) atoms. The highest BCUT2D eigenvalue weighted by Gasteiger charge is 2.39. The Kier molecular flexibility index (Phi) is 4.23. The standard InChI is InChI=1S/C16H19N3O6S/c20-15-10-17-16(21)19(15)11-3-5-18(6-4-11)26(22,23)12-1-2-13-14(9-12)25-8-7-24-13/h1-2,9,11H,3-8,10H2,(H,17,21). The molecule has 0 radical (unpaired) electrons. The number of hydrogen-bond acceptors (Lipinski definition) is 6. The van der Waals surface area contributed by atoms with Crippen LogP contribution in [0.15, 0.2) is 23.1 Å². The number of amides is 3. The molecule has 10 heteroatoms. The van der Waals surface area contributed by atoms with Crippen molar-refractivity contribution in [1.82, 2.24) is 14.5 Å². The summed E-state index contributed by atoms with van der Waals surface area (Å²) in [7, 11) is -3.68. The van der Waals surface area contributed by atoms with Crippen LogP contribution in [0.1, 0.15) is 12.8 Å². The quantitative estimate of drug-likeness (QED) is 0.748. The second-order valence-corrected chi connectivity index (χ2v) is 8.30. The zero-order valence-electron chi connectivity index (χ0n) is 14.0. The van der Waals surface area contributed by atoms with E-state index in [1.165, 1.54) is 21.3 Å². The second-order valence-electron chi connectivity index (χ2n) is 6.36. The molecule has 0 aromatic heterocycles. The van der Waals surface area contributed by atoms with E-state index in [0.717, 1.165) is 0 Å². The lowest BCUT2D eigenvalue weighted by atomic mass is 10.1. The van der Waals surface area contributed by atoms with E-state index in [0.29, 0.717) is 37.6 Å². The average Bonchev–Trinajstić information content (AvgIpc) is 3.00. The Bertz CT molecular complexity index is 832. The fourth-order valence-electron chi connectivity index (χ4n) is 3.48. The number of carbonyl (C=O) groups is 2. The molecule has 3 aliphatic heterocycles. The van der Waals surface area contributed by atoms with Crippen molar-refractivity contribution in [2.75, 3.05) is 32.8 Å². The van der Waals surface area contributed by atoms with Crippen molar-refractivity contribution < 1.29 is 27.5 Å². The highest BCUT2D eigenvalue weighted by molar-refractivity contribution is 7.89. The summed E-state index contributed by atoms with van der Waals surface area (Å²) in [4.78, 5) is 24.9. The molecule has 1 aromatic carbocycles. The highest BCUT2D eigenvalue weighted by atomic mass is 32.2. The molecule has 2 saturated heterocycles. The topological polar surface area (TPSA) is 105 Å². The molecule has 1 N–H and O–H groups in total. The van der Waals surface area contributed by atoms with Crippen LogP contribution in [0.25, 0.3) is 0 Å². The van der Waals surface area contributed by atoms with Gasteiger partial charge in [0.2, 0.25) is 15.9 Å². The van der Waals surface area contributed by atoms with Crippen molar-refractivity contribution in [3.05, 3.63) is 18.2 Å². The summed E-state index contributed by atoms with van der Waals surface area (Å²) in [5.41, 5.74) is 0. The Balaban J connectivity index is 1.48. The van der Waals surface area contributed by atoms with Crippen LogP contribution < -0.4 is 14.8 Å². The van der Waals surface area contributed by atoms with Gasteiger partial charge < -0.3 is 14.8 Å². The van der Waals surface area contributed by atoms with Crippen LogP contribution in [0.4, 0.5) is 4.79 Å². The van der Waals surface area contributed by atoms with E-state index in [1.807, 2.05) is 0 Å². The minimum Gasteiger partial charge on any atom is -0.486 e. The van der Waals surface area contributed by atoms with E-state index >= 15 is 0 Å². The Labute approximate surface area is 150 Å². The number of nitrogens with zero attached hydrogens (tertiary/aromatic N) is 2. The third-order valence-electron chi connectivity index (χ3n) is 4.82. The SMILES string of the molecule is O=C1CNC(=O)N1C1CCN(S(=O)(=O)c2ccc3c(c2)OCCO3)CC1. The monoisotopic (exact) mass is 381 g/mol. The summed E-state index contributed by atoms with van der Waals surface area (Å²) in [6.45, 7) is 1.33. The molecule has 3 amide bonds. The van der Waals surface area contributed by atoms with Crippen LogP contribution in [-0.4, -0.2) is 68.5 Å². The maximum absolute atomic E-state index is 12.9. The molecule has 2 fully saturated rings. The first-order valence-corrected chi connectivity index (χ1v) is 9.90. The third-order valence-corrected chi connectivity index (χ3v) is 6.71. The smallest absolute Gasteiger partial charge is 0.324 e. The van der Waals surface area contributed by atoms with Crippen LogP contribution in [0, 0.1) is 0 Å². The fraction of sp³-hybridized carbons (Fsp3) is 0.500. The first kappa shape index (κ1) is 17.1. The largest absolute Gasteiger partial charge is 0.486 e. The second kappa shape index (κ2) is 6.44. The van der Waals surface area contributed by atoms with Gasteiger partial charge in [0.25, 0.3) is 0 Å². The third kappa shape index (κ3) is 2.88. The summed E-state index contributed by atoms with van der Waals surface area (Å²) >= 11 is 0. The number of rotatable bonds is 3. The molecule has 0 saturated carbocycles. The van der Waals surface area contributed by atoms with E-state index in [1.54, 1.807) is 6.07 Å². The van der Waals surface area contributed by atoms with Crippen LogP contribution >= 0.6 is 0 Å². The summed E-state index contributed by atoms with van der Waals surface area (Å²) in [6.07, 6.45) is 0.839. The van der Waals surface area contributed by atoms with Gasteiger partial charge >= 0.3 is 6.03 Å². The number of fused-ring (bicyclic) bond motifs is 1. The molecule has 0 bridgehead atoms. The molecule has 0 aliphatic carbocycles.